The monoisotopic (exact) mass is 570 g/mol. The van der Waals surface area contributed by atoms with Gasteiger partial charge < -0.3 is 14.5 Å². The van der Waals surface area contributed by atoms with Crippen LogP contribution in [-0.2, 0) is 16.6 Å². The molecule has 3 aromatic carbocycles. The topological polar surface area (TPSA) is 99.0 Å². The summed E-state index contributed by atoms with van der Waals surface area (Å²) >= 11 is 0. The molecule has 0 spiro atoms. The first-order valence-corrected chi connectivity index (χ1v) is 15.2. The Balaban J connectivity index is 1.74. The number of pyridine rings is 1. The van der Waals surface area contributed by atoms with Crippen molar-refractivity contribution in [1.29, 1.82) is 5.26 Å². The number of hydrogen-bond donors (Lipinski definition) is 1. The van der Waals surface area contributed by atoms with Gasteiger partial charge in [0.05, 0.1) is 27.4 Å². The first-order valence-electron chi connectivity index (χ1n) is 13.9. The molecule has 1 fully saturated rings. The summed E-state index contributed by atoms with van der Waals surface area (Å²) < 4.78 is 39.7. The Bertz CT molecular complexity index is 2050. The van der Waals surface area contributed by atoms with Gasteiger partial charge in [-0.3, -0.25) is 4.79 Å². The zero-order chi connectivity index (χ0) is 29.1. The van der Waals surface area contributed by atoms with E-state index in [0.717, 1.165) is 53.5 Å². The molecule has 0 amide bonds. The van der Waals surface area contributed by atoms with Gasteiger partial charge in [0.1, 0.15) is 5.65 Å². The number of rotatable bonds is 5. The second-order valence-corrected chi connectivity index (χ2v) is 12.9. The number of nitrogens with one attached hydrogen (secondary N) is 1. The third-order valence-corrected chi connectivity index (χ3v) is 9.03. The molecule has 7 nitrogen and oxygen atoms in total. The van der Waals surface area contributed by atoms with Crippen LogP contribution >= 0.6 is 0 Å². The van der Waals surface area contributed by atoms with E-state index in [0.29, 0.717) is 34.0 Å². The van der Waals surface area contributed by atoms with E-state index in [-0.39, 0.29) is 17.4 Å². The van der Waals surface area contributed by atoms with Crippen LogP contribution in [-0.4, -0.2) is 43.0 Å². The van der Waals surface area contributed by atoms with E-state index in [1.165, 1.54) is 12.1 Å². The van der Waals surface area contributed by atoms with Crippen molar-refractivity contribution in [3.63, 3.8) is 0 Å². The van der Waals surface area contributed by atoms with Crippen molar-refractivity contribution in [3.8, 4) is 17.2 Å². The average Bonchev–Trinajstić information content (AvgIpc) is 3.32. The minimum atomic E-state index is -4.89. The quantitative estimate of drug-likeness (QED) is 0.250. The van der Waals surface area contributed by atoms with Crippen LogP contribution < -0.4 is 5.43 Å². The highest BCUT2D eigenvalue weighted by Gasteiger charge is 2.26. The lowest BCUT2D eigenvalue weighted by atomic mass is 9.91. The van der Waals surface area contributed by atoms with Crippen molar-refractivity contribution < 1.29 is 12.3 Å². The first kappa shape index (κ1) is 27.2. The number of nitriles is 1. The number of benzene rings is 3. The molecule has 3 heterocycles. The van der Waals surface area contributed by atoms with Crippen molar-refractivity contribution in [2.75, 3.05) is 20.1 Å². The summed E-state index contributed by atoms with van der Waals surface area (Å²) in [5.41, 5.74) is 4.88. The van der Waals surface area contributed by atoms with Crippen LogP contribution in [0.1, 0.15) is 43.9 Å². The molecular weight excluding hydrogens is 539 g/mol. The lowest BCUT2D eigenvalue weighted by Crippen LogP contribution is -2.32. The van der Waals surface area contributed by atoms with Crippen LogP contribution in [0.3, 0.4) is 0 Å². The van der Waals surface area contributed by atoms with Crippen molar-refractivity contribution in [2.45, 2.75) is 44.0 Å². The molecule has 1 saturated heterocycles. The minimum Gasteiger partial charge on any atom is -0.340 e. The molecule has 0 unspecified atom stereocenters. The normalized spacial score (nSPS) is 15.3. The standard InChI is InChI=1S/C32H31FN4O3S/c1-19(2)13-22-16-27-29(17-26(22)21-5-4-6-24(15-21)41(33,39)40)37(23-9-11-36(3)12-10-23)32-30(31(27)38)25-8-7-20(18-34)14-28(25)35-32/h4-8,14-17,19,23,35H,9-13H2,1-3H3. The predicted octanol–water partition coefficient (Wildman–Crippen LogP) is 6.30. The molecule has 210 valence electrons. The third kappa shape index (κ3) is 4.81. The van der Waals surface area contributed by atoms with Crippen molar-refractivity contribution in [3.05, 3.63) is 75.9 Å². The van der Waals surface area contributed by atoms with Gasteiger partial charge in [-0.1, -0.05) is 32.0 Å². The zero-order valence-electron chi connectivity index (χ0n) is 23.2. The smallest absolute Gasteiger partial charge is 0.332 e. The Morgan fingerprint density at radius 1 is 1.07 bits per heavy atom. The molecule has 0 atom stereocenters. The van der Waals surface area contributed by atoms with Gasteiger partial charge in [-0.25, -0.2) is 0 Å². The van der Waals surface area contributed by atoms with Gasteiger partial charge in [-0.15, -0.1) is 3.89 Å². The molecule has 5 aromatic rings. The fraction of sp³-hybridized carbons (Fsp3) is 0.312. The van der Waals surface area contributed by atoms with E-state index in [9.17, 15) is 22.4 Å². The zero-order valence-corrected chi connectivity index (χ0v) is 24.1. The number of likely N-dealkylation sites (tertiary alicyclic amines) is 1. The number of aromatic amines is 1. The molecule has 1 aliphatic heterocycles. The average molecular weight is 571 g/mol. The Kier molecular flexibility index (Phi) is 6.71. The van der Waals surface area contributed by atoms with E-state index in [1.54, 1.807) is 24.3 Å². The van der Waals surface area contributed by atoms with Gasteiger partial charge in [0.25, 0.3) is 0 Å². The SMILES string of the molecule is CC(C)Cc1cc2c(=O)c3c4ccc(C#N)cc4[nH]c3n(C3CCN(C)CC3)c2cc1-c1cccc(S(=O)(=O)F)c1. The first-order chi connectivity index (χ1) is 19.5. The molecule has 9 heteroatoms. The number of H-pyrrole nitrogens is 1. The number of aromatic nitrogens is 2. The Morgan fingerprint density at radius 2 is 1.83 bits per heavy atom. The summed E-state index contributed by atoms with van der Waals surface area (Å²) in [6, 6.07) is 17.5. The fourth-order valence-electron chi connectivity index (χ4n) is 6.26. The summed E-state index contributed by atoms with van der Waals surface area (Å²) in [6.45, 7) is 5.99. The Labute approximate surface area is 238 Å². The van der Waals surface area contributed by atoms with Crippen LogP contribution in [0, 0.1) is 17.2 Å². The molecule has 0 aliphatic carbocycles. The molecule has 2 aromatic heterocycles. The third-order valence-electron chi connectivity index (χ3n) is 8.21. The van der Waals surface area contributed by atoms with Gasteiger partial charge in [0.2, 0.25) is 0 Å². The van der Waals surface area contributed by atoms with E-state index < -0.39 is 15.1 Å². The van der Waals surface area contributed by atoms with E-state index in [2.05, 4.69) is 41.4 Å². The van der Waals surface area contributed by atoms with E-state index in [1.807, 2.05) is 18.2 Å². The second-order valence-electron chi connectivity index (χ2n) is 11.5. The van der Waals surface area contributed by atoms with Gasteiger partial charge in [0, 0.05) is 22.3 Å². The highest BCUT2D eigenvalue weighted by atomic mass is 32.3. The van der Waals surface area contributed by atoms with Crippen LogP contribution in [0.4, 0.5) is 3.89 Å². The summed E-state index contributed by atoms with van der Waals surface area (Å²) in [5.74, 6) is 0.261. The molecule has 0 radical (unpaired) electrons. The van der Waals surface area contributed by atoms with Crippen molar-refractivity contribution in [2.24, 2.45) is 5.92 Å². The van der Waals surface area contributed by atoms with E-state index in [4.69, 9.17) is 0 Å². The lowest BCUT2D eigenvalue weighted by Gasteiger charge is -2.32. The maximum Gasteiger partial charge on any atom is 0.332 e. The van der Waals surface area contributed by atoms with Gasteiger partial charge in [-0.2, -0.15) is 13.7 Å². The van der Waals surface area contributed by atoms with E-state index >= 15 is 0 Å². The predicted molar refractivity (Wildman–Crippen MR) is 160 cm³/mol. The molecular formula is C32H31FN4O3S. The molecule has 1 aliphatic rings. The van der Waals surface area contributed by atoms with Crippen molar-refractivity contribution >= 4 is 43.1 Å². The molecule has 1 N–H and O–H groups in total. The van der Waals surface area contributed by atoms with Gasteiger partial charge >= 0.3 is 10.2 Å². The number of piperidine rings is 1. The van der Waals surface area contributed by atoms with Gasteiger partial charge in [-0.05, 0) is 98.4 Å². The highest BCUT2D eigenvalue weighted by Crippen LogP contribution is 2.37. The van der Waals surface area contributed by atoms with Crippen LogP contribution in [0.5, 0.6) is 0 Å². The number of hydrogen-bond acceptors (Lipinski definition) is 5. The van der Waals surface area contributed by atoms with Crippen molar-refractivity contribution in [1.82, 2.24) is 14.5 Å². The summed E-state index contributed by atoms with van der Waals surface area (Å²) in [4.78, 5) is 19.6. The van der Waals surface area contributed by atoms with Crippen LogP contribution in [0.15, 0.2) is 64.3 Å². The second kappa shape index (κ2) is 10.1. The number of fused-ring (bicyclic) bond motifs is 4. The molecule has 0 bridgehead atoms. The minimum absolute atomic E-state index is 0.0909. The Morgan fingerprint density at radius 3 is 2.51 bits per heavy atom. The Hall–Kier alpha value is -4.00. The summed E-state index contributed by atoms with van der Waals surface area (Å²) in [5, 5.41) is 11.5. The summed E-state index contributed by atoms with van der Waals surface area (Å²) in [7, 11) is -2.79. The number of halogens is 1. The molecule has 0 saturated carbocycles. The largest absolute Gasteiger partial charge is 0.340 e. The maximum atomic E-state index is 14.2. The van der Waals surface area contributed by atoms with Gasteiger partial charge in [0.15, 0.2) is 5.43 Å². The number of nitrogens with zero attached hydrogens (tertiary/aromatic N) is 3. The van der Waals surface area contributed by atoms with Crippen LogP contribution in [0.2, 0.25) is 0 Å². The summed E-state index contributed by atoms with van der Waals surface area (Å²) in [6.07, 6.45) is 2.44. The lowest BCUT2D eigenvalue weighted by molar-refractivity contribution is 0.226. The highest BCUT2D eigenvalue weighted by molar-refractivity contribution is 7.86. The maximum absolute atomic E-state index is 14.2. The fourth-order valence-corrected chi connectivity index (χ4v) is 6.77. The molecule has 6 rings (SSSR count). The molecule has 41 heavy (non-hydrogen) atoms. The van der Waals surface area contributed by atoms with Crippen LogP contribution in [0.25, 0.3) is 44.0 Å².